The molecule has 0 aliphatic rings. The molecule has 1 heterocycles. The summed E-state index contributed by atoms with van der Waals surface area (Å²) in [6.07, 6.45) is 1.74. The van der Waals surface area contributed by atoms with Crippen molar-refractivity contribution in [2.24, 2.45) is 0 Å². The molecule has 8 nitrogen and oxygen atoms in total. The Morgan fingerprint density at radius 3 is 2.44 bits per heavy atom. The summed E-state index contributed by atoms with van der Waals surface area (Å²) < 4.78 is 7.21. The van der Waals surface area contributed by atoms with Gasteiger partial charge in [-0.3, -0.25) is 9.59 Å². The van der Waals surface area contributed by atoms with Gasteiger partial charge >= 0.3 is 0 Å². The standard InChI is InChI=1S/C27H27N5O3S/c1-3-15-32-24(17-25(33)28-21-11-13-23(14-12-21)35-4-2)30-31-27(32)36-18-26(34)29-22-10-9-19-7-5-6-8-20(19)16-22/h3,5-14,16H,1,4,15,17-18H2,2H3,(H,28,33)(H,29,34). The summed E-state index contributed by atoms with van der Waals surface area (Å²) in [7, 11) is 0. The third-order valence-corrected chi connectivity index (χ3v) is 6.21. The van der Waals surface area contributed by atoms with Crippen LogP contribution in [0.1, 0.15) is 12.7 Å². The molecule has 184 valence electrons. The van der Waals surface area contributed by atoms with Gasteiger partial charge in [-0.2, -0.15) is 0 Å². The van der Waals surface area contributed by atoms with Crippen molar-refractivity contribution >= 4 is 45.7 Å². The van der Waals surface area contributed by atoms with Crippen LogP contribution in [0.4, 0.5) is 11.4 Å². The van der Waals surface area contributed by atoms with Crippen molar-refractivity contribution in [1.29, 1.82) is 0 Å². The first kappa shape index (κ1) is 25.0. The number of amides is 2. The molecule has 2 N–H and O–H groups in total. The quantitative estimate of drug-likeness (QED) is 0.223. The van der Waals surface area contributed by atoms with E-state index in [1.807, 2.05) is 49.4 Å². The lowest BCUT2D eigenvalue weighted by Crippen LogP contribution is -2.18. The van der Waals surface area contributed by atoms with E-state index in [1.165, 1.54) is 11.8 Å². The molecule has 0 atom stereocenters. The molecule has 0 aliphatic carbocycles. The Labute approximate surface area is 213 Å². The lowest BCUT2D eigenvalue weighted by Gasteiger charge is -2.09. The first-order chi connectivity index (χ1) is 17.6. The number of allylic oxidation sites excluding steroid dienone is 1. The Balaban J connectivity index is 1.35. The Morgan fingerprint density at radius 1 is 0.972 bits per heavy atom. The molecular weight excluding hydrogens is 474 g/mol. The van der Waals surface area contributed by atoms with Gasteiger partial charge in [0.15, 0.2) is 5.16 Å². The van der Waals surface area contributed by atoms with E-state index >= 15 is 0 Å². The molecule has 0 fully saturated rings. The van der Waals surface area contributed by atoms with E-state index in [4.69, 9.17) is 4.74 Å². The molecule has 0 saturated heterocycles. The third-order valence-electron chi connectivity index (χ3n) is 5.24. The zero-order valence-corrected chi connectivity index (χ0v) is 20.8. The molecule has 0 spiro atoms. The average molecular weight is 502 g/mol. The minimum atomic E-state index is -0.220. The number of fused-ring (bicyclic) bond motifs is 1. The number of aromatic nitrogens is 3. The maximum Gasteiger partial charge on any atom is 0.234 e. The zero-order chi connectivity index (χ0) is 25.3. The lowest BCUT2D eigenvalue weighted by atomic mass is 10.1. The second-order valence-electron chi connectivity index (χ2n) is 7.88. The Bertz CT molecular complexity index is 1370. The highest BCUT2D eigenvalue weighted by atomic mass is 32.2. The van der Waals surface area contributed by atoms with Crippen molar-refractivity contribution in [3.8, 4) is 5.75 Å². The van der Waals surface area contributed by atoms with E-state index < -0.39 is 0 Å². The first-order valence-electron chi connectivity index (χ1n) is 11.5. The Kier molecular flexibility index (Phi) is 8.36. The molecule has 0 unspecified atom stereocenters. The van der Waals surface area contributed by atoms with E-state index in [9.17, 15) is 9.59 Å². The SMILES string of the molecule is C=CCn1c(CC(=O)Nc2ccc(OCC)cc2)nnc1SCC(=O)Nc1ccc2ccccc2c1. The van der Waals surface area contributed by atoms with Crippen molar-refractivity contribution in [3.63, 3.8) is 0 Å². The average Bonchev–Trinajstić information content (AvgIpc) is 3.25. The van der Waals surface area contributed by atoms with E-state index in [0.717, 1.165) is 22.2 Å². The maximum absolute atomic E-state index is 12.6. The number of benzene rings is 3. The molecule has 9 heteroatoms. The highest BCUT2D eigenvalue weighted by molar-refractivity contribution is 7.99. The highest BCUT2D eigenvalue weighted by Gasteiger charge is 2.16. The molecular formula is C27H27N5O3S. The number of rotatable bonds is 11. The molecule has 4 aromatic rings. The highest BCUT2D eigenvalue weighted by Crippen LogP contribution is 2.21. The number of hydrogen-bond donors (Lipinski definition) is 2. The summed E-state index contributed by atoms with van der Waals surface area (Å²) >= 11 is 1.26. The number of anilines is 2. The topological polar surface area (TPSA) is 98.1 Å². The predicted octanol–water partition coefficient (Wildman–Crippen LogP) is 4.93. The normalized spacial score (nSPS) is 10.7. The number of ether oxygens (including phenoxy) is 1. The molecule has 0 bridgehead atoms. The minimum absolute atomic E-state index is 0.0396. The van der Waals surface area contributed by atoms with E-state index in [1.54, 1.807) is 34.9 Å². The molecule has 0 aliphatic heterocycles. The van der Waals surface area contributed by atoms with Crippen LogP contribution in [0.15, 0.2) is 84.5 Å². The van der Waals surface area contributed by atoms with Gasteiger partial charge in [-0.15, -0.1) is 16.8 Å². The van der Waals surface area contributed by atoms with Crippen LogP contribution in [0.3, 0.4) is 0 Å². The third kappa shape index (κ3) is 6.51. The predicted molar refractivity (Wildman–Crippen MR) is 143 cm³/mol. The van der Waals surface area contributed by atoms with Gasteiger partial charge in [0.05, 0.1) is 18.8 Å². The molecule has 3 aromatic carbocycles. The molecule has 36 heavy (non-hydrogen) atoms. The van der Waals surface area contributed by atoms with Crippen LogP contribution in [-0.4, -0.2) is 38.9 Å². The van der Waals surface area contributed by atoms with Crippen LogP contribution >= 0.6 is 11.8 Å². The van der Waals surface area contributed by atoms with Gasteiger partial charge in [-0.25, -0.2) is 0 Å². The van der Waals surface area contributed by atoms with E-state index in [2.05, 4.69) is 27.4 Å². The minimum Gasteiger partial charge on any atom is -0.494 e. The molecule has 1 aromatic heterocycles. The zero-order valence-electron chi connectivity index (χ0n) is 19.9. The van der Waals surface area contributed by atoms with Crippen LogP contribution in [-0.2, 0) is 22.6 Å². The first-order valence-corrected chi connectivity index (χ1v) is 12.5. The summed E-state index contributed by atoms with van der Waals surface area (Å²) in [4.78, 5) is 25.2. The number of carbonyl (C=O) groups excluding carboxylic acids is 2. The smallest absolute Gasteiger partial charge is 0.234 e. The van der Waals surface area contributed by atoms with Crippen LogP contribution in [0.5, 0.6) is 5.75 Å². The van der Waals surface area contributed by atoms with E-state index in [0.29, 0.717) is 29.8 Å². The second-order valence-corrected chi connectivity index (χ2v) is 8.82. The largest absolute Gasteiger partial charge is 0.494 e. The number of nitrogens with zero attached hydrogens (tertiary/aromatic N) is 3. The second kappa shape index (κ2) is 12.0. The fraction of sp³-hybridized carbons (Fsp3) is 0.185. The molecule has 0 saturated carbocycles. The van der Waals surface area contributed by atoms with Crippen molar-refractivity contribution in [2.75, 3.05) is 23.0 Å². The number of nitrogens with one attached hydrogen (secondary N) is 2. The van der Waals surface area contributed by atoms with E-state index in [-0.39, 0.29) is 24.0 Å². The van der Waals surface area contributed by atoms with Gasteiger partial charge in [-0.05, 0) is 54.1 Å². The summed E-state index contributed by atoms with van der Waals surface area (Å²) in [5.74, 6) is 1.02. The number of thioether (sulfide) groups is 1. The van der Waals surface area contributed by atoms with Crippen LogP contribution in [0, 0.1) is 0 Å². The monoisotopic (exact) mass is 501 g/mol. The van der Waals surface area contributed by atoms with Gasteiger partial charge in [0.1, 0.15) is 11.6 Å². The fourth-order valence-corrected chi connectivity index (χ4v) is 4.38. The van der Waals surface area contributed by atoms with Gasteiger partial charge in [-0.1, -0.05) is 48.2 Å². The van der Waals surface area contributed by atoms with Crippen LogP contribution < -0.4 is 15.4 Å². The number of hydrogen-bond acceptors (Lipinski definition) is 6. The fourth-order valence-electron chi connectivity index (χ4n) is 3.61. The maximum atomic E-state index is 12.6. The van der Waals surface area contributed by atoms with Gasteiger partial charge < -0.3 is 19.9 Å². The van der Waals surface area contributed by atoms with Crippen molar-refractivity contribution in [3.05, 3.63) is 85.2 Å². The summed E-state index contributed by atoms with van der Waals surface area (Å²) in [5, 5.41) is 16.9. The van der Waals surface area contributed by atoms with Crippen LogP contribution in [0.2, 0.25) is 0 Å². The molecule has 2 amide bonds. The number of carbonyl (C=O) groups is 2. The van der Waals surface area contributed by atoms with Crippen molar-refractivity contribution < 1.29 is 14.3 Å². The van der Waals surface area contributed by atoms with Gasteiger partial charge in [0.2, 0.25) is 11.8 Å². The molecule has 0 radical (unpaired) electrons. The Morgan fingerprint density at radius 2 is 1.69 bits per heavy atom. The summed E-state index contributed by atoms with van der Waals surface area (Å²) in [6.45, 7) is 6.71. The summed E-state index contributed by atoms with van der Waals surface area (Å²) in [5.41, 5.74) is 1.40. The van der Waals surface area contributed by atoms with Crippen molar-refractivity contribution in [1.82, 2.24) is 14.8 Å². The summed E-state index contributed by atoms with van der Waals surface area (Å²) in [6, 6.07) is 21.0. The van der Waals surface area contributed by atoms with Gasteiger partial charge in [0, 0.05) is 17.9 Å². The van der Waals surface area contributed by atoms with Crippen molar-refractivity contribution in [2.45, 2.75) is 25.0 Å². The lowest BCUT2D eigenvalue weighted by molar-refractivity contribution is -0.116. The van der Waals surface area contributed by atoms with Gasteiger partial charge in [0.25, 0.3) is 0 Å². The molecule has 4 rings (SSSR count). The van der Waals surface area contributed by atoms with Crippen LogP contribution in [0.25, 0.3) is 10.8 Å². The Hall–Kier alpha value is -4.11.